The number of carbonyl (C=O) groups is 1. The van der Waals surface area contributed by atoms with Crippen molar-refractivity contribution in [2.45, 2.75) is 37.6 Å². The normalized spacial score (nSPS) is 35.6. The highest BCUT2D eigenvalue weighted by atomic mass is 16.4. The van der Waals surface area contributed by atoms with Gasteiger partial charge in [-0.15, -0.1) is 0 Å². The first-order valence-corrected chi connectivity index (χ1v) is 6.03. The van der Waals surface area contributed by atoms with Crippen LogP contribution in [0.1, 0.15) is 30.4 Å². The summed E-state index contributed by atoms with van der Waals surface area (Å²) in [4.78, 5) is 10.9. The molecular weight excluding hydrogens is 214 g/mol. The maximum Gasteiger partial charge on any atom is 0.321 e. The summed E-state index contributed by atoms with van der Waals surface area (Å²) in [5.41, 5.74) is 8.51. The van der Waals surface area contributed by atoms with Crippen LogP contribution in [0.3, 0.4) is 0 Å². The van der Waals surface area contributed by atoms with Crippen LogP contribution in [-0.4, -0.2) is 17.1 Å². The van der Waals surface area contributed by atoms with Gasteiger partial charge in [-0.05, 0) is 42.6 Å². The Balaban J connectivity index is 1.79. The highest BCUT2D eigenvalue weighted by molar-refractivity contribution is 5.76. The van der Waals surface area contributed by atoms with E-state index in [1.165, 1.54) is 11.1 Å². The Morgan fingerprint density at radius 1 is 1.41 bits per heavy atom. The summed E-state index contributed by atoms with van der Waals surface area (Å²) in [6, 6.07) is 7.86. The van der Waals surface area contributed by atoms with Crippen LogP contribution in [0, 0.1) is 12.3 Å². The van der Waals surface area contributed by atoms with Crippen molar-refractivity contribution >= 4 is 5.97 Å². The van der Waals surface area contributed by atoms with Gasteiger partial charge >= 0.3 is 5.97 Å². The molecule has 3 fully saturated rings. The van der Waals surface area contributed by atoms with Gasteiger partial charge in [0.2, 0.25) is 0 Å². The lowest BCUT2D eigenvalue weighted by atomic mass is 9.31. The van der Waals surface area contributed by atoms with Crippen LogP contribution in [0.5, 0.6) is 0 Å². The SMILES string of the molecule is Cc1cccc(C23CC(C(N)C(=O)O)(C2)C3)c1. The smallest absolute Gasteiger partial charge is 0.321 e. The largest absolute Gasteiger partial charge is 0.480 e. The topological polar surface area (TPSA) is 63.3 Å². The summed E-state index contributed by atoms with van der Waals surface area (Å²) in [6.07, 6.45) is 2.82. The minimum atomic E-state index is -0.859. The fourth-order valence-corrected chi connectivity index (χ4v) is 3.74. The van der Waals surface area contributed by atoms with Crippen molar-refractivity contribution in [2.24, 2.45) is 11.1 Å². The van der Waals surface area contributed by atoms with Crippen LogP contribution in [0.4, 0.5) is 0 Å². The van der Waals surface area contributed by atoms with E-state index in [9.17, 15) is 4.79 Å². The summed E-state index contributed by atoms with van der Waals surface area (Å²) < 4.78 is 0. The number of aliphatic carboxylic acids is 1. The molecule has 3 aliphatic carbocycles. The Bertz CT molecular complexity index is 475. The molecule has 4 rings (SSSR count). The number of aryl methyl sites for hydroxylation is 1. The number of rotatable bonds is 3. The van der Waals surface area contributed by atoms with Gasteiger partial charge in [0, 0.05) is 0 Å². The van der Waals surface area contributed by atoms with Gasteiger partial charge in [-0.25, -0.2) is 0 Å². The Kier molecular flexibility index (Phi) is 1.97. The minimum Gasteiger partial charge on any atom is -0.480 e. The molecule has 1 aromatic rings. The lowest BCUT2D eigenvalue weighted by molar-refractivity contribution is -0.178. The number of nitrogens with two attached hydrogens (primary N) is 1. The van der Waals surface area contributed by atoms with Crippen LogP contribution in [0.15, 0.2) is 24.3 Å². The van der Waals surface area contributed by atoms with Crippen molar-refractivity contribution in [3.05, 3.63) is 35.4 Å². The van der Waals surface area contributed by atoms with Crippen molar-refractivity contribution in [2.75, 3.05) is 0 Å². The van der Waals surface area contributed by atoms with E-state index in [2.05, 4.69) is 31.2 Å². The van der Waals surface area contributed by atoms with Gasteiger partial charge in [-0.2, -0.15) is 0 Å². The predicted octanol–water partition coefficient (Wildman–Crippen LogP) is 1.83. The fraction of sp³-hybridized carbons (Fsp3) is 0.500. The molecule has 3 heteroatoms. The molecule has 0 radical (unpaired) electrons. The van der Waals surface area contributed by atoms with Gasteiger partial charge in [-0.1, -0.05) is 29.8 Å². The number of hydrogen-bond acceptors (Lipinski definition) is 2. The minimum absolute atomic E-state index is 0.115. The molecule has 3 aliphatic rings. The molecule has 1 aromatic carbocycles. The summed E-state index contributed by atoms with van der Waals surface area (Å²) in [5, 5.41) is 8.98. The molecule has 0 aliphatic heterocycles. The van der Waals surface area contributed by atoms with Crippen molar-refractivity contribution in [1.82, 2.24) is 0 Å². The first-order chi connectivity index (χ1) is 7.97. The number of hydrogen-bond donors (Lipinski definition) is 2. The fourth-order valence-electron chi connectivity index (χ4n) is 3.74. The van der Waals surface area contributed by atoms with Crippen LogP contribution in [-0.2, 0) is 10.2 Å². The number of carboxylic acids is 1. The lowest BCUT2D eigenvalue weighted by Gasteiger charge is -2.72. The first-order valence-electron chi connectivity index (χ1n) is 6.03. The summed E-state index contributed by atoms with van der Waals surface area (Å²) in [5.74, 6) is -0.859. The van der Waals surface area contributed by atoms with Crippen molar-refractivity contribution in [3.8, 4) is 0 Å². The molecule has 0 amide bonds. The van der Waals surface area contributed by atoms with E-state index >= 15 is 0 Å². The highest BCUT2D eigenvalue weighted by Gasteiger charge is 2.71. The standard InChI is InChI=1S/C14H17NO2/c1-9-3-2-4-10(5-9)13-6-14(7-13,8-13)11(15)12(16)17/h2-5,11H,6-8,15H2,1H3,(H,16,17). The van der Waals surface area contributed by atoms with Crippen LogP contribution in [0.2, 0.25) is 0 Å². The van der Waals surface area contributed by atoms with E-state index in [4.69, 9.17) is 10.8 Å². The molecule has 90 valence electrons. The van der Waals surface area contributed by atoms with Crippen molar-refractivity contribution in [3.63, 3.8) is 0 Å². The van der Waals surface area contributed by atoms with Crippen molar-refractivity contribution in [1.29, 1.82) is 0 Å². The van der Waals surface area contributed by atoms with E-state index in [1.807, 2.05) is 0 Å². The zero-order valence-corrected chi connectivity index (χ0v) is 9.94. The summed E-state index contributed by atoms with van der Waals surface area (Å²) >= 11 is 0. The predicted molar refractivity (Wildman–Crippen MR) is 64.8 cm³/mol. The third-order valence-electron chi connectivity index (χ3n) is 4.63. The molecule has 0 aromatic heterocycles. The monoisotopic (exact) mass is 231 g/mol. The van der Waals surface area contributed by atoms with Gasteiger partial charge in [0.15, 0.2) is 0 Å². The Hall–Kier alpha value is -1.35. The summed E-state index contributed by atoms with van der Waals surface area (Å²) in [7, 11) is 0. The van der Waals surface area contributed by atoms with Gasteiger partial charge in [0.25, 0.3) is 0 Å². The van der Waals surface area contributed by atoms with Crippen LogP contribution < -0.4 is 5.73 Å². The van der Waals surface area contributed by atoms with Gasteiger partial charge < -0.3 is 10.8 Å². The zero-order valence-electron chi connectivity index (χ0n) is 9.94. The zero-order chi connectivity index (χ0) is 12.3. The second-order valence-electron chi connectivity index (χ2n) is 5.86. The van der Waals surface area contributed by atoms with Gasteiger partial charge in [-0.3, -0.25) is 4.79 Å². The van der Waals surface area contributed by atoms with Gasteiger partial charge in [0.05, 0.1) is 0 Å². The average Bonchev–Trinajstić information content (AvgIpc) is 2.13. The second-order valence-corrected chi connectivity index (χ2v) is 5.86. The third-order valence-corrected chi connectivity index (χ3v) is 4.63. The lowest BCUT2D eigenvalue weighted by Crippen LogP contribution is -2.72. The van der Waals surface area contributed by atoms with E-state index in [0.29, 0.717) is 0 Å². The highest BCUT2D eigenvalue weighted by Crippen LogP contribution is 2.74. The Labute approximate surface area is 101 Å². The summed E-state index contributed by atoms with van der Waals surface area (Å²) in [6.45, 7) is 2.09. The van der Waals surface area contributed by atoms with E-state index in [1.54, 1.807) is 0 Å². The number of carboxylic acid groups (broad SMARTS) is 1. The quantitative estimate of drug-likeness (QED) is 0.834. The Morgan fingerprint density at radius 2 is 2.06 bits per heavy atom. The van der Waals surface area contributed by atoms with Gasteiger partial charge in [0.1, 0.15) is 6.04 Å². The van der Waals surface area contributed by atoms with Crippen LogP contribution >= 0.6 is 0 Å². The average molecular weight is 231 g/mol. The van der Waals surface area contributed by atoms with Crippen LogP contribution in [0.25, 0.3) is 0 Å². The molecule has 1 unspecified atom stereocenters. The molecule has 0 spiro atoms. The Morgan fingerprint density at radius 3 is 2.59 bits per heavy atom. The van der Waals surface area contributed by atoms with Crippen molar-refractivity contribution < 1.29 is 9.90 Å². The van der Waals surface area contributed by atoms with E-state index < -0.39 is 12.0 Å². The molecule has 2 bridgehead atoms. The molecule has 1 atom stereocenters. The van der Waals surface area contributed by atoms with E-state index in [-0.39, 0.29) is 10.8 Å². The molecule has 3 N–H and O–H groups in total. The number of benzene rings is 1. The third kappa shape index (κ3) is 1.29. The molecule has 0 saturated heterocycles. The molecule has 3 saturated carbocycles. The maximum absolute atomic E-state index is 10.9. The second kappa shape index (κ2) is 3.10. The van der Waals surface area contributed by atoms with E-state index in [0.717, 1.165) is 19.3 Å². The molecular formula is C14H17NO2. The first kappa shape index (κ1) is 10.8. The molecule has 17 heavy (non-hydrogen) atoms. The maximum atomic E-state index is 10.9. The molecule has 0 heterocycles. The molecule has 3 nitrogen and oxygen atoms in total.